The first kappa shape index (κ1) is 22.3. The number of rotatable bonds is 5. The number of carbonyl (C=O) groups is 2. The van der Waals surface area contributed by atoms with Crippen molar-refractivity contribution in [2.45, 2.75) is 17.9 Å². The second-order valence-electron chi connectivity index (χ2n) is 7.56. The van der Waals surface area contributed by atoms with Crippen molar-refractivity contribution in [3.05, 3.63) is 106 Å². The van der Waals surface area contributed by atoms with Crippen LogP contribution < -0.4 is 4.90 Å². The van der Waals surface area contributed by atoms with Gasteiger partial charge in [-0.1, -0.05) is 48.0 Å². The van der Waals surface area contributed by atoms with Crippen LogP contribution in [0.2, 0.25) is 0 Å². The molecule has 0 spiro atoms. The van der Waals surface area contributed by atoms with Gasteiger partial charge in [-0.25, -0.2) is 13.2 Å². The molecular formula is C25H21NO6S. The molecule has 4 rings (SSSR count). The van der Waals surface area contributed by atoms with Gasteiger partial charge in [0.15, 0.2) is 5.76 Å². The summed E-state index contributed by atoms with van der Waals surface area (Å²) >= 11 is 0. The molecule has 1 atom stereocenters. The molecule has 1 heterocycles. The Labute approximate surface area is 191 Å². The molecule has 1 aliphatic heterocycles. The predicted molar refractivity (Wildman–Crippen MR) is 122 cm³/mol. The summed E-state index contributed by atoms with van der Waals surface area (Å²) in [5.74, 6) is -2.20. The summed E-state index contributed by atoms with van der Waals surface area (Å²) in [6, 6.07) is 19.6. The molecule has 7 nitrogen and oxygen atoms in total. The summed E-state index contributed by atoms with van der Waals surface area (Å²) in [7, 11) is -2.97. The van der Waals surface area contributed by atoms with Gasteiger partial charge < -0.3 is 9.84 Å². The normalized spacial score (nSPS) is 16.2. The minimum Gasteiger partial charge on any atom is -0.502 e. The van der Waals surface area contributed by atoms with Gasteiger partial charge in [0.1, 0.15) is 10.9 Å². The van der Waals surface area contributed by atoms with E-state index in [0.29, 0.717) is 11.3 Å². The predicted octanol–water partition coefficient (Wildman–Crippen LogP) is 4.11. The fraction of sp³-hybridized carbons (Fsp3) is 0.120. The number of nitrogens with zero attached hydrogens (tertiary/aromatic N) is 1. The molecule has 0 radical (unpaired) electrons. The highest BCUT2D eigenvalue weighted by molar-refractivity contribution is 7.95. The average molecular weight is 464 g/mol. The van der Waals surface area contributed by atoms with E-state index in [2.05, 4.69) is 0 Å². The van der Waals surface area contributed by atoms with Crippen LogP contribution in [0.5, 0.6) is 0 Å². The molecule has 0 bridgehead atoms. The topological polar surface area (TPSA) is 101 Å². The number of hydrogen-bond acceptors (Lipinski definition) is 6. The Morgan fingerprint density at radius 2 is 1.55 bits per heavy atom. The first-order valence-corrected chi connectivity index (χ1v) is 11.6. The maximum atomic E-state index is 13.6. The number of para-hydroxylation sites is 1. The largest absolute Gasteiger partial charge is 0.502 e. The molecule has 0 aliphatic carbocycles. The van der Waals surface area contributed by atoms with Gasteiger partial charge in [0.05, 0.1) is 17.6 Å². The van der Waals surface area contributed by atoms with Crippen LogP contribution in [0.3, 0.4) is 0 Å². The summed E-state index contributed by atoms with van der Waals surface area (Å²) in [6.45, 7) is 1.83. The third-order valence-electron chi connectivity index (χ3n) is 5.46. The monoisotopic (exact) mass is 463 g/mol. The van der Waals surface area contributed by atoms with E-state index in [9.17, 15) is 23.1 Å². The maximum Gasteiger partial charge on any atom is 0.337 e. The van der Waals surface area contributed by atoms with E-state index in [1.165, 1.54) is 36.3 Å². The van der Waals surface area contributed by atoms with Crippen molar-refractivity contribution >= 4 is 27.4 Å². The van der Waals surface area contributed by atoms with Crippen LogP contribution in [0, 0.1) is 6.92 Å². The van der Waals surface area contributed by atoms with Crippen molar-refractivity contribution in [1.29, 1.82) is 0 Å². The average Bonchev–Trinajstić information content (AvgIpc) is 3.10. The number of hydrogen-bond donors (Lipinski definition) is 1. The number of aryl methyl sites for hydroxylation is 1. The molecule has 0 saturated carbocycles. The lowest BCUT2D eigenvalue weighted by molar-refractivity contribution is -0.117. The molecule has 0 fully saturated rings. The molecule has 0 unspecified atom stereocenters. The van der Waals surface area contributed by atoms with Gasteiger partial charge >= 0.3 is 5.97 Å². The molecular weight excluding hydrogens is 442 g/mol. The summed E-state index contributed by atoms with van der Waals surface area (Å²) in [5, 5.41) is 10.8. The van der Waals surface area contributed by atoms with Gasteiger partial charge in [0, 0.05) is 5.69 Å². The summed E-state index contributed by atoms with van der Waals surface area (Å²) in [4.78, 5) is 25.8. The Bertz CT molecular complexity index is 1340. The maximum absolute atomic E-state index is 13.6. The number of aliphatic hydroxyl groups excluding tert-OH is 1. The number of amides is 1. The Hall–Kier alpha value is -3.91. The third kappa shape index (κ3) is 3.89. The molecule has 0 aromatic heterocycles. The van der Waals surface area contributed by atoms with Crippen molar-refractivity contribution in [2.75, 3.05) is 12.0 Å². The minimum atomic E-state index is -4.23. The minimum absolute atomic E-state index is 0.0338. The lowest BCUT2D eigenvalue weighted by atomic mass is 10.0. The van der Waals surface area contributed by atoms with Crippen LogP contribution in [0.4, 0.5) is 5.69 Å². The zero-order chi connectivity index (χ0) is 23.8. The fourth-order valence-corrected chi connectivity index (χ4v) is 5.40. The van der Waals surface area contributed by atoms with Crippen LogP contribution in [0.15, 0.2) is 94.4 Å². The molecule has 168 valence electrons. The van der Waals surface area contributed by atoms with E-state index in [1.54, 1.807) is 54.6 Å². The van der Waals surface area contributed by atoms with Crippen molar-refractivity contribution in [3.8, 4) is 0 Å². The Morgan fingerprint density at radius 1 is 0.939 bits per heavy atom. The highest BCUT2D eigenvalue weighted by atomic mass is 32.2. The zero-order valence-corrected chi connectivity index (χ0v) is 18.7. The Morgan fingerprint density at radius 3 is 2.12 bits per heavy atom. The number of methoxy groups -OCH3 is 1. The summed E-state index contributed by atoms with van der Waals surface area (Å²) in [6.07, 6.45) is 0. The van der Waals surface area contributed by atoms with Crippen LogP contribution in [0.25, 0.3) is 0 Å². The van der Waals surface area contributed by atoms with Crippen molar-refractivity contribution < 1.29 is 27.9 Å². The third-order valence-corrected chi connectivity index (χ3v) is 7.35. The molecule has 33 heavy (non-hydrogen) atoms. The zero-order valence-electron chi connectivity index (χ0n) is 17.9. The smallest absolute Gasteiger partial charge is 0.337 e. The van der Waals surface area contributed by atoms with E-state index in [-0.39, 0.29) is 10.5 Å². The number of esters is 1. The van der Waals surface area contributed by atoms with Gasteiger partial charge in [0.2, 0.25) is 9.84 Å². The molecule has 8 heteroatoms. The number of carbonyl (C=O) groups excluding carboxylic acids is 2. The Balaban J connectivity index is 1.90. The first-order chi connectivity index (χ1) is 15.8. The van der Waals surface area contributed by atoms with Crippen molar-refractivity contribution in [2.24, 2.45) is 0 Å². The fourth-order valence-electron chi connectivity index (χ4n) is 3.78. The van der Waals surface area contributed by atoms with E-state index < -0.39 is 38.4 Å². The van der Waals surface area contributed by atoms with Gasteiger partial charge in [-0.15, -0.1) is 0 Å². The first-order valence-electron chi connectivity index (χ1n) is 10.1. The number of sulfone groups is 1. The molecule has 0 saturated heterocycles. The molecule has 3 aromatic carbocycles. The van der Waals surface area contributed by atoms with Gasteiger partial charge in [-0.2, -0.15) is 0 Å². The second-order valence-corrected chi connectivity index (χ2v) is 9.47. The quantitative estimate of drug-likeness (QED) is 0.572. The number of benzene rings is 3. The SMILES string of the molecule is COC(=O)c1ccc([C@H]2C(S(=O)(=O)c3ccc(C)cc3)=C(O)C(=O)N2c2ccccc2)cc1. The van der Waals surface area contributed by atoms with Crippen LogP contribution in [-0.2, 0) is 19.4 Å². The van der Waals surface area contributed by atoms with E-state index in [0.717, 1.165) is 5.56 Å². The highest BCUT2D eigenvalue weighted by Gasteiger charge is 2.47. The molecule has 3 aromatic rings. The van der Waals surface area contributed by atoms with Gasteiger partial charge in [-0.3, -0.25) is 9.69 Å². The van der Waals surface area contributed by atoms with Crippen LogP contribution in [0.1, 0.15) is 27.5 Å². The van der Waals surface area contributed by atoms with Crippen LogP contribution >= 0.6 is 0 Å². The molecule has 1 amide bonds. The molecule has 1 aliphatic rings. The number of ether oxygens (including phenoxy) is 1. The van der Waals surface area contributed by atoms with Crippen molar-refractivity contribution in [3.63, 3.8) is 0 Å². The van der Waals surface area contributed by atoms with Crippen LogP contribution in [-0.4, -0.2) is 32.5 Å². The molecule has 1 N–H and O–H groups in total. The van der Waals surface area contributed by atoms with E-state index in [4.69, 9.17) is 4.74 Å². The van der Waals surface area contributed by atoms with Gasteiger partial charge in [0.25, 0.3) is 5.91 Å². The Kier molecular flexibility index (Phi) is 5.78. The van der Waals surface area contributed by atoms with E-state index in [1.807, 2.05) is 6.92 Å². The summed E-state index contributed by atoms with van der Waals surface area (Å²) < 4.78 is 31.9. The lowest BCUT2D eigenvalue weighted by Gasteiger charge is -2.27. The standard InChI is InChI=1S/C25H21NO6S/c1-16-8-14-20(15-9-16)33(30,31)23-21(17-10-12-18(13-11-17)25(29)32-2)26(24(28)22(23)27)19-6-4-3-5-7-19/h3-15,21,27H,1-2H3/t21-/m0/s1. The highest BCUT2D eigenvalue weighted by Crippen LogP contribution is 2.44. The van der Waals surface area contributed by atoms with E-state index >= 15 is 0 Å². The summed E-state index contributed by atoms with van der Waals surface area (Å²) in [5.41, 5.74) is 1.98. The number of aliphatic hydroxyl groups is 1. The second kappa shape index (κ2) is 8.55. The number of anilines is 1. The lowest BCUT2D eigenvalue weighted by Crippen LogP contribution is -2.31. The van der Waals surface area contributed by atoms with Crippen molar-refractivity contribution in [1.82, 2.24) is 0 Å². The van der Waals surface area contributed by atoms with Gasteiger partial charge in [-0.05, 0) is 48.9 Å².